The minimum absolute atomic E-state index is 0.187. The lowest BCUT2D eigenvalue weighted by Gasteiger charge is -2.31. The van der Waals surface area contributed by atoms with E-state index in [9.17, 15) is 9.90 Å². The summed E-state index contributed by atoms with van der Waals surface area (Å²) in [6, 6.07) is 5.21. The maximum atomic E-state index is 12.0. The predicted molar refractivity (Wildman–Crippen MR) is 93.2 cm³/mol. The lowest BCUT2D eigenvalue weighted by molar-refractivity contribution is 0.0199. The maximum Gasteiger partial charge on any atom is 0.410 e. The minimum Gasteiger partial charge on any atom is -0.507 e. The first-order valence-corrected chi connectivity index (χ1v) is 8.52. The zero-order valence-electron chi connectivity index (χ0n) is 13.7. The molecule has 0 unspecified atom stereocenters. The van der Waals surface area contributed by atoms with Gasteiger partial charge in [0.2, 0.25) is 0 Å². The highest BCUT2D eigenvalue weighted by molar-refractivity contribution is 9.10. The number of ether oxygens (including phenoxy) is 1. The van der Waals surface area contributed by atoms with Crippen LogP contribution in [0.2, 0.25) is 0 Å². The molecule has 2 rings (SSSR count). The van der Waals surface area contributed by atoms with Gasteiger partial charge in [0, 0.05) is 23.5 Å². The number of hydrogen-bond donors (Lipinski definition) is 1. The largest absolute Gasteiger partial charge is 0.507 e. The van der Waals surface area contributed by atoms with E-state index in [0.717, 1.165) is 17.3 Å². The molecular formula is C18H22BrNO3. The molecule has 0 bridgehead atoms. The molecule has 23 heavy (non-hydrogen) atoms. The minimum atomic E-state index is -0.466. The smallest absolute Gasteiger partial charge is 0.410 e. The predicted octanol–water partition coefficient (Wildman–Crippen LogP) is 4.15. The summed E-state index contributed by atoms with van der Waals surface area (Å²) in [5, 5.41) is 9.79. The summed E-state index contributed by atoms with van der Waals surface area (Å²) in [4.78, 5) is 13.7. The van der Waals surface area contributed by atoms with Crippen LogP contribution in [0.15, 0.2) is 22.7 Å². The first-order chi connectivity index (χ1) is 10.7. The Kier molecular flexibility index (Phi) is 5.59. The number of hydrogen-bond acceptors (Lipinski definition) is 3. The van der Waals surface area contributed by atoms with Crippen LogP contribution in [0.1, 0.15) is 39.2 Å². The Hall–Kier alpha value is -1.67. The Morgan fingerprint density at radius 1 is 1.35 bits per heavy atom. The average Bonchev–Trinajstić information content (AvgIpc) is 2.47. The number of nitrogens with zero attached hydrogens (tertiary/aromatic N) is 1. The SMILES string of the molecule is CC(C)(C)OC(=O)N1CCC(C#Cc2cc(Br)ccc2O)CC1. The summed E-state index contributed by atoms with van der Waals surface area (Å²) in [5.41, 5.74) is 0.153. The highest BCUT2D eigenvalue weighted by Gasteiger charge is 2.26. The van der Waals surface area contributed by atoms with Gasteiger partial charge in [0.1, 0.15) is 11.4 Å². The van der Waals surface area contributed by atoms with E-state index in [1.54, 1.807) is 23.1 Å². The molecule has 1 fully saturated rings. The highest BCUT2D eigenvalue weighted by Crippen LogP contribution is 2.22. The molecule has 0 saturated carbocycles. The van der Waals surface area contributed by atoms with E-state index < -0.39 is 5.60 Å². The van der Waals surface area contributed by atoms with Crippen LogP contribution in [0.5, 0.6) is 5.75 Å². The van der Waals surface area contributed by atoms with E-state index in [2.05, 4.69) is 27.8 Å². The third kappa shape index (κ3) is 5.47. The highest BCUT2D eigenvalue weighted by atomic mass is 79.9. The molecule has 0 atom stereocenters. The lowest BCUT2D eigenvalue weighted by Crippen LogP contribution is -2.41. The van der Waals surface area contributed by atoms with Crippen molar-refractivity contribution in [3.05, 3.63) is 28.2 Å². The fourth-order valence-electron chi connectivity index (χ4n) is 2.32. The van der Waals surface area contributed by atoms with Gasteiger partial charge < -0.3 is 14.7 Å². The van der Waals surface area contributed by atoms with Crippen LogP contribution in [0, 0.1) is 17.8 Å². The molecule has 1 N–H and O–H groups in total. The van der Waals surface area contributed by atoms with E-state index in [-0.39, 0.29) is 17.8 Å². The third-order valence-electron chi connectivity index (χ3n) is 3.52. The number of aromatic hydroxyl groups is 1. The van der Waals surface area contributed by atoms with Gasteiger partial charge in [-0.1, -0.05) is 27.8 Å². The molecule has 1 heterocycles. The summed E-state index contributed by atoms with van der Waals surface area (Å²) in [6.07, 6.45) is 1.38. The van der Waals surface area contributed by atoms with Crippen LogP contribution in [-0.4, -0.2) is 34.8 Å². The number of phenolic OH excluding ortho intramolecular Hbond substituents is 1. The van der Waals surface area contributed by atoms with E-state index in [4.69, 9.17) is 4.74 Å². The number of carbonyl (C=O) groups excluding carboxylic acids is 1. The number of likely N-dealkylation sites (tertiary alicyclic amines) is 1. The van der Waals surface area contributed by atoms with Gasteiger partial charge in [-0.05, 0) is 51.8 Å². The van der Waals surface area contributed by atoms with E-state index in [1.807, 2.05) is 20.8 Å². The van der Waals surface area contributed by atoms with E-state index in [0.29, 0.717) is 18.7 Å². The molecule has 1 saturated heterocycles. The van der Waals surface area contributed by atoms with Crippen LogP contribution in [0.3, 0.4) is 0 Å². The second kappa shape index (κ2) is 7.27. The molecule has 1 aromatic carbocycles. The van der Waals surface area contributed by atoms with Crippen LogP contribution in [0.25, 0.3) is 0 Å². The number of carbonyl (C=O) groups is 1. The molecule has 0 spiro atoms. The molecule has 1 amide bonds. The summed E-state index contributed by atoms with van der Waals surface area (Å²) in [7, 11) is 0. The molecule has 4 nitrogen and oxygen atoms in total. The fourth-order valence-corrected chi connectivity index (χ4v) is 2.68. The van der Waals surface area contributed by atoms with Crippen molar-refractivity contribution in [1.29, 1.82) is 0 Å². The van der Waals surface area contributed by atoms with Crippen LogP contribution in [0.4, 0.5) is 4.79 Å². The normalized spacial score (nSPS) is 15.7. The number of benzene rings is 1. The first kappa shape index (κ1) is 17.7. The van der Waals surface area contributed by atoms with Crippen molar-refractivity contribution < 1.29 is 14.6 Å². The topological polar surface area (TPSA) is 49.8 Å². The molecule has 0 aromatic heterocycles. The van der Waals surface area contributed by atoms with Crippen LogP contribution < -0.4 is 0 Å². The second-order valence-electron chi connectivity index (χ2n) is 6.67. The molecule has 5 heteroatoms. The van der Waals surface area contributed by atoms with Gasteiger partial charge in [0.25, 0.3) is 0 Å². The van der Waals surface area contributed by atoms with Crippen molar-refractivity contribution >= 4 is 22.0 Å². The Morgan fingerprint density at radius 2 is 2.00 bits per heavy atom. The zero-order valence-corrected chi connectivity index (χ0v) is 15.3. The quantitative estimate of drug-likeness (QED) is 0.688. The van der Waals surface area contributed by atoms with Crippen LogP contribution >= 0.6 is 15.9 Å². The van der Waals surface area contributed by atoms with E-state index >= 15 is 0 Å². The van der Waals surface area contributed by atoms with Crippen molar-refractivity contribution in [3.8, 4) is 17.6 Å². The lowest BCUT2D eigenvalue weighted by atomic mass is 9.97. The monoisotopic (exact) mass is 379 g/mol. The van der Waals surface area contributed by atoms with Gasteiger partial charge >= 0.3 is 6.09 Å². The molecular weight excluding hydrogens is 358 g/mol. The van der Waals surface area contributed by atoms with Gasteiger partial charge in [0.15, 0.2) is 0 Å². The van der Waals surface area contributed by atoms with Crippen molar-refractivity contribution in [2.75, 3.05) is 13.1 Å². The van der Waals surface area contributed by atoms with Crippen LogP contribution in [-0.2, 0) is 4.74 Å². The second-order valence-corrected chi connectivity index (χ2v) is 7.59. The zero-order chi connectivity index (χ0) is 17.0. The molecule has 1 aliphatic rings. The van der Waals surface area contributed by atoms with Crippen molar-refractivity contribution in [2.24, 2.45) is 5.92 Å². The Morgan fingerprint density at radius 3 is 2.61 bits per heavy atom. The fraction of sp³-hybridized carbons (Fsp3) is 0.500. The van der Waals surface area contributed by atoms with Gasteiger partial charge in [0.05, 0.1) is 5.56 Å². The van der Waals surface area contributed by atoms with Crippen molar-refractivity contribution in [3.63, 3.8) is 0 Å². The number of amides is 1. The summed E-state index contributed by atoms with van der Waals surface area (Å²) in [5.74, 6) is 6.66. The summed E-state index contributed by atoms with van der Waals surface area (Å²) >= 11 is 3.37. The van der Waals surface area contributed by atoms with Crippen molar-refractivity contribution in [2.45, 2.75) is 39.2 Å². The van der Waals surface area contributed by atoms with E-state index in [1.165, 1.54) is 0 Å². The number of phenols is 1. The molecule has 1 aliphatic heterocycles. The number of piperidine rings is 1. The Balaban J connectivity index is 1.92. The standard InChI is InChI=1S/C18H22BrNO3/c1-18(2,3)23-17(22)20-10-8-13(9-11-20)4-5-14-12-15(19)6-7-16(14)21/h6-7,12-13,21H,8-11H2,1-3H3. The van der Waals surface area contributed by atoms with Gasteiger partial charge in [-0.15, -0.1) is 0 Å². The number of halogens is 1. The summed E-state index contributed by atoms with van der Waals surface area (Å²) < 4.78 is 6.27. The molecule has 124 valence electrons. The third-order valence-corrected chi connectivity index (χ3v) is 4.01. The van der Waals surface area contributed by atoms with Gasteiger partial charge in [-0.3, -0.25) is 0 Å². The van der Waals surface area contributed by atoms with Gasteiger partial charge in [-0.25, -0.2) is 4.79 Å². The average molecular weight is 380 g/mol. The van der Waals surface area contributed by atoms with Crippen molar-refractivity contribution in [1.82, 2.24) is 4.90 Å². The number of rotatable bonds is 0. The summed E-state index contributed by atoms with van der Waals surface area (Å²) in [6.45, 7) is 6.91. The Labute approximate surface area is 146 Å². The molecule has 1 aromatic rings. The Bertz CT molecular complexity index is 632. The molecule has 0 radical (unpaired) electrons. The first-order valence-electron chi connectivity index (χ1n) is 7.72. The van der Waals surface area contributed by atoms with Gasteiger partial charge in [-0.2, -0.15) is 0 Å². The molecule has 0 aliphatic carbocycles. The maximum absolute atomic E-state index is 12.0.